The van der Waals surface area contributed by atoms with E-state index in [0.29, 0.717) is 18.8 Å². The van der Waals surface area contributed by atoms with E-state index in [4.69, 9.17) is 0 Å². The Morgan fingerprint density at radius 1 is 1.30 bits per heavy atom. The first kappa shape index (κ1) is 13.5. The van der Waals surface area contributed by atoms with Crippen LogP contribution in [0.15, 0.2) is 23.1 Å². The van der Waals surface area contributed by atoms with Crippen molar-refractivity contribution in [3.63, 3.8) is 0 Å². The van der Waals surface area contributed by atoms with E-state index in [1.54, 1.807) is 32.2 Å². The third-order valence-electron chi connectivity index (χ3n) is 4.09. The molecule has 7 heteroatoms. The zero-order chi connectivity index (χ0) is 14.5. The first-order valence-electron chi connectivity index (χ1n) is 6.55. The van der Waals surface area contributed by atoms with E-state index in [1.165, 1.54) is 4.31 Å². The molecule has 2 heterocycles. The molecule has 0 aromatic heterocycles. The second kappa shape index (κ2) is 4.54. The van der Waals surface area contributed by atoms with Crippen LogP contribution in [0, 0.1) is 0 Å². The SMILES string of the molecule is CC1C(=O)Nc2ccc(S(=O)(=O)N(C)C3CNC3)cc21. The number of hydrogen-bond acceptors (Lipinski definition) is 4. The number of likely N-dealkylation sites (N-methyl/N-ethyl adjacent to an activating group) is 1. The first-order chi connectivity index (χ1) is 9.41. The Balaban J connectivity index is 1.97. The number of carbonyl (C=O) groups is 1. The van der Waals surface area contributed by atoms with Crippen molar-refractivity contribution >= 4 is 21.6 Å². The lowest BCUT2D eigenvalue weighted by atomic mass is 10.0. The molecule has 1 fully saturated rings. The van der Waals surface area contributed by atoms with Crippen molar-refractivity contribution in [3.8, 4) is 0 Å². The summed E-state index contributed by atoms with van der Waals surface area (Å²) < 4.78 is 26.5. The molecule has 1 aromatic rings. The van der Waals surface area contributed by atoms with Crippen molar-refractivity contribution in [3.05, 3.63) is 23.8 Å². The summed E-state index contributed by atoms with van der Waals surface area (Å²) in [5, 5.41) is 5.80. The van der Waals surface area contributed by atoms with Crippen molar-refractivity contribution < 1.29 is 13.2 Å². The van der Waals surface area contributed by atoms with E-state index in [-0.39, 0.29) is 22.8 Å². The molecule has 1 amide bonds. The normalized spacial score (nSPS) is 22.6. The monoisotopic (exact) mass is 295 g/mol. The average Bonchev–Trinajstić information content (AvgIpc) is 2.62. The van der Waals surface area contributed by atoms with E-state index < -0.39 is 10.0 Å². The number of anilines is 1. The summed E-state index contributed by atoms with van der Waals surface area (Å²) in [6, 6.07) is 4.83. The van der Waals surface area contributed by atoms with Crippen molar-refractivity contribution in [2.24, 2.45) is 0 Å². The van der Waals surface area contributed by atoms with E-state index in [9.17, 15) is 13.2 Å². The maximum atomic E-state index is 12.5. The summed E-state index contributed by atoms with van der Waals surface area (Å²) in [6.07, 6.45) is 0. The molecule has 1 aromatic carbocycles. The maximum absolute atomic E-state index is 12.5. The van der Waals surface area contributed by atoms with Crippen molar-refractivity contribution in [1.29, 1.82) is 0 Å². The van der Waals surface area contributed by atoms with Crippen LogP contribution in [0.3, 0.4) is 0 Å². The van der Waals surface area contributed by atoms with Gasteiger partial charge < -0.3 is 10.6 Å². The highest BCUT2D eigenvalue weighted by Gasteiger charge is 2.33. The third-order valence-corrected chi connectivity index (χ3v) is 6.00. The zero-order valence-corrected chi connectivity index (χ0v) is 12.2. The molecule has 0 bridgehead atoms. The Bertz CT molecular complexity index is 667. The standard InChI is InChI=1S/C13H17N3O3S/c1-8-11-5-10(3-4-12(11)15-13(8)17)20(18,19)16(2)9-6-14-7-9/h3-5,8-9,14H,6-7H2,1-2H3,(H,15,17). The Labute approximate surface area is 118 Å². The fraction of sp³-hybridized carbons (Fsp3) is 0.462. The molecule has 20 heavy (non-hydrogen) atoms. The topological polar surface area (TPSA) is 78.5 Å². The van der Waals surface area contributed by atoms with Crippen LogP contribution in [-0.2, 0) is 14.8 Å². The van der Waals surface area contributed by atoms with Crippen LogP contribution in [0.2, 0.25) is 0 Å². The summed E-state index contributed by atoms with van der Waals surface area (Å²) in [4.78, 5) is 11.9. The zero-order valence-electron chi connectivity index (χ0n) is 11.4. The van der Waals surface area contributed by atoms with Gasteiger partial charge in [0.25, 0.3) is 0 Å². The minimum atomic E-state index is -3.51. The van der Waals surface area contributed by atoms with Gasteiger partial charge in [-0.15, -0.1) is 0 Å². The Morgan fingerprint density at radius 2 is 2.00 bits per heavy atom. The number of hydrogen-bond donors (Lipinski definition) is 2. The van der Waals surface area contributed by atoms with Crippen LogP contribution in [0.25, 0.3) is 0 Å². The Morgan fingerprint density at radius 3 is 2.60 bits per heavy atom. The van der Waals surface area contributed by atoms with Gasteiger partial charge in [-0.05, 0) is 30.7 Å². The molecule has 0 saturated carbocycles. The molecule has 1 atom stereocenters. The summed E-state index contributed by atoms with van der Waals surface area (Å²) in [6.45, 7) is 3.13. The van der Waals surface area contributed by atoms with Crippen LogP contribution in [-0.4, -0.2) is 44.8 Å². The number of carbonyl (C=O) groups excluding carboxylic acids is 1. The van der Waals surface area contributed by atoms with Gasteiger partial charge in [-0.25, -0.2) is 8.42 Å². The van der Waals surface area contributed by atoms with Gasteiger partial charge in [0.2, 0.25) is 15.9 Å². The molecule has 1 saturated heterocycles. The van der Waals surface area contributed by atoms with Crippen molar-refractivity contribution in [2.45, 2.75) is 23.8 Å². The van der Waals surface area contributed by atoms with Crippen LogP contribution < -0.4 is 10.6 Å². The molecule has 0 aliphatic carbocycles. The fourth-order valence-corrected chi connectivity index (χ4v) is 3.84. The minimum Gasteiger partial charge on any atom is -0.325 e. The number of nitrogens with zero attached hydrogens (tertiary/aromatic N) is 1. The van der Waals surface area contributed by atoms with E-state index in [0.717, 1.165) is 5.56 Å². The van der Waals surface area contributed by atoms with Crippen molar-refractivity contribution in [1.82, 2.24) is 9.62 Å². The molecule has 0 radical (unpaired) electrons. The van der Waals surface area contributed by atoms with Gasteiger partial charge in [0, 0.05) is 31.9 Å². The number of rotatable bonds is 3. The average molecular weight is 295 g/mol. The number of nitrogens with one attached hydrogen (secondary N) is 2. The van der Waals surface area contributed by atoms with Gasteiger partial charge in [0.05, 0.1) is 10.8 Å². The third kappa shape index (κ3) is 1.93. The molecular formula is C13H17N3O3S. The molecule has 108 valence electrons. The highest BCUT2D eigenvalue weighted by Crippen LogP contribution is 2.34. The molecule has 1 unspecified atom stereocenters. The van der Waals surface area contributed by atoms with E-state index in [2.05, 4.69) is 10.6 Å². The fourth-order valence-electron chi connectivity index (χ4n) is 2.45. The lowest BCUT2D eigenvalue weighted by Gasteiger charge is -2.34. The summed E-state index contributed by atoms with van der Waals surface area (Å²) in [5.41, 5.74) is 1.45. The van der Waals surface area contributed by atoms with Gasteiger partial charge >= 0.3 is 0 Å². The molecule has 2 aliphatic rings. The molecule has 3 rings (SSSR count). The summed E-state index contributed by atoms with van der Waals surface area (Å²) >= 11 is 0. The van der Waals surface area contributed by atoms with Gasteiger partial charge in [-0.2, -0.15) is 4.31 Å². The van der Waals surface area contributed by atoms with Gasteiger partial charge in [-0.1, -0.05) is 0 Å². The van der Waals surface area contributed by atoms with Gasteiger partial charge in [0.15, 0.2) is 0 Å². The second-order valence-corrected chi connectivity index (χ2v) is 7.29. The largest absolute Gasteiger partial charge is 0.325 e. The maximum Gasteiger partial charge on any atom is 0.243 e. The number of amides is 1. The predicted molar refractivity (Wildman–Crippen MR) is 75.1 cm³/mol. The second-order valence-electron chi connectivity index (χ2n) is 5.29. The van der Waals surface area contributed by atoms with Crippen LogP contribution in [0.5, 0.6) is 0 Å². The predicted octanol–water partition coefficient (Wildman–Crippen LogP) is 0.335. The van der Waals surface area contributed by atoms with Crippen LogP contribution in [0.1, 0.15) is 18.4 Å². The molecule has 2 aliphatic heterocycles. The van der Waals surface area contributed by atoms with Crippen LogP contribution >= 0.6 is 0 Å². The summed E-state index contributed by atoms with van der Waals surface area (Å²) in [7, 11) is -1.91. The highest BCUT2D eigenvalue weighted by molar-refractivity contribution is 7.89. The first-order valence-corrected chi connectivity index (χ1v) is 7.99. The quantitative estimate of drug-likeness (QED) is 0.842. The van der Waals surface area contributed by atoms with Gasteiger partial charge in [-0.3, -0.25) is 4.79 Å². The smallest absolute Gasteiger partial charge is 0.243 e. The molecule has 2 N–H and O–H groups in total. The Hall–Kier alpha value is -1.44. The molecule has 6 nitrogen and oxygen atoms in total. The van der Waals surface area contributed by atoms with Crippen molar-refractivity contribution in [2.75, 3.05) is 25.5 Å². The summed E-state index contributed by atoms with van der Waals surface area (Å²) in [5.74, 6) is -0.401. The van der Waals surface area contributed by atoms with E-state index in [1.807, 2.05) is 0 Å². The highest BCUT2D eigenvalue weighted by atomic mass is 32.2. The number of sulfonamides is 1. The van der Waals surface area contributed by atoms with E-state index >= 15 is 0 Å². The minimum absolute atomic E-state index is 0.00503. The molecule has 0 spiro atoms. The number of fused-ring (bicyclic) bond motifs is 1. The lowest BCUT2D eigenvalue weighted by molar-refractivity contribution is -0.116. The molecular weight excluding hydrogens is 278 g/mol. The van der Waals surface area contributed by atoms with Gasteiger partial charge in [0.1, 0.15) is 0 Å². The lowest BCUT2D eigenvalue weighted by Crippen LogP contribution is -2.57. The Kier molecular flexibility index (Phi) is 3.07. The number of benzene rings is 1. The van der Waals surface area contributed by atoms with Crippen LogP contribution in [0.4, 0.5) is 5.69 Å².